The molecule has 6 atom stereocenters. The number of para-hydroxylation sites is 1. The van der Waals surface area contributed by atoms with E-state index in [2.05, 4.69) is 20.9 Å². The van der Waals surface area contributed by atoms with E-state index in [0.29, 0.717) is 39.3 Å². The van der Waals surface area contributed by atoms with Crippen LogP contribution in [-0.4, -0.2) is 104 Å². The van der Waals surface area contributed by atoms with Crippen LogP contribution >= 0.6 is 0 Å². The third-order valence-electron chi connectivity index (χ3n) is 9.57. The van der Waals surface area contributed by atoms with Crippen molar-refractivity contribution in [3.63, 3.8) is 0 Å². The van der Waals surface area contributed by atoms with Gasteiger partial charge in [-0.25, -0.2) is 8.78 Å². The zero-order valence-corrected chi connectivity index (χ0v) is 25.3. The number of nitrogens with zero attached hydrogens (tertiary/aromatic N) is 2. The number of hydrogen-bond donors (Lipinski definition) is 3. The van der Waals surface area contributed by atoms with Crippen molar-refractivity contribution >= 4 is 17.7 Å². The summed E-state index contributed by atoms with van der Waals surface area (Å²) >= 11 is 0. The molecule has 1 aromatic carbocycles. The van der Waals surface area contributed by atoms with Crippen LogP contribution in [0.4, 0.5) is 8.78 Å². The summed E-state index contributed by atoms with van der Waals surface area (Å²) in [6.45, 7) is 5.95. The van der Waals surface area contributed by atoms with Crippen molar-refractivity contribution in [2.75, 3.05) is 39.9 Å². The molecule has 0 unspecified atom stereocenters. The number of likely N-dealkylation sites (N-methyl/N-ethyl adjacent to an activating group) is 1. The Morgan fingerprint density at radius 2 is 1.86 bits per heavy atom. The lowest BCUT2D eigenvalue weighted by molar-refractivity contribution is -0.150. The number of hydrogen-bond acceptors (Lipinski definition) is 7. The normalized spacial score (nSPS) is 28.6. The average Bonchev–Trinajstić information content (AvgIpc) is 3.40. The lowest BCUT2D eigenvalue weighted by atomic mass is 9.81. The summed E-state index contributed by atoms with van der Waals surface area (Å²) in [5, 5.41) is 8.94. The predicted molar refractivity (Wildman–Crippen MR) is 156 cm³/mol. The van der Waals surface area contributed by atoms with Crippen LogP contribution in [0.1, 0.15) is 64.0 Å². The van der Waals surface area contributed by atoms with Gasteiger partial charge in [0, 0.05) is 57.1 Å². The molecule has 3 N–H and O–H groups in total. The summed E-state index contributed by atoms with van der Waals surface area (Å²) in [7, 11) is 1.64. The zero-order valence-electron chi connectivity index (χ0n) is 25.3. The Kier molecular flexibility index (Phi) is 9.87. The third-order valence-corrected chi connectivity index (χ3v) is 9.57. The molecule has 3 heterocycles. The summed E-state index contributed by atoms with van der Waals surface area (Å²) in [6, 6.07) is 4.92. The lowest BCUT2D eigenvalue weighted by Gasteiger charge is -2.45. The van der Waals surface area contributed by atoms with Gasteiger partial charge in [0.1, 0.15) is 17.8 Å². The molecule has 3 fully saturated rings. The number of benzene rings is 1. The number of rotatable bonds is 9. The minimum Gasteiger partial charge on any atom is -0.493 e. The second-order valence-corrected chi connectivity index (χ2v) is 12.4. The molecule has 0 radical (unpaired) electrons. The molecular formula is C31H45F2N5O5. The number of piperazine rings is 1. The first kappa shape index (κ1) is 31.6. The fourth-order valence-electron chi connectivity index (χ4n) is 6.98. The zero-order chi connectivity index (χ0) is 30.7. The van der Waals surface area contributed by atoms with Gasteiger partial charge < -0.3 is 30.3 Å². The summed E-state index contributed by atoms with van der Waals surface area (Å²) in [6.07, 6.45) is 0.883. The van der Waals surface area contributed by atoms with Gasteiger partial charge in [0.15, 0.2) is 0 Å². The standard InChI is InChI=1S/C31H45F2N5O5/c1-4-42-22-15-21-16-38(30(41)27(36-28(39)19(2)34-3)20-9-12-31(32,33)13-10-20)25(18-37(21)17-22)29(40)35-24-11-14-43-26-8-6-5-7-23(24)26/h5-8,19-22,24-25,27,34H,4,9-18H2,1-3H3,(H,35,40)(H,36,39)/t19-,21+,22+,24+,25-,27-/m0/s1. The molecule has 0 spiro atoms. The van der Waals surface area contributed by atoms with E-state index >= 15 is 0 Å². The van der Waals surface area contributed by atoms with Crippen molar-refractivity contribution in [2.45, 2.75) is 94.6 Å². The highest BCUT2D eigenvalue weighted by Gasteiger charge is 2.48. The van der Waals surface area contributed by atoms with Crippen LogP contribution in [-0.2, 0) is 19.1 Å². The van der Waals surface area contributed by atoms with Crippen LogP contribution in [0.3, 0.4) is 0 Å². The van der Waals surface area contributed by atoms with E-state index in [1.807, 2.05) is 31.2 Å². The summed E-state index contributed by atoms with van der Waals surface area (Å²) in [4.78, 5) is 45.3. The maximum atomic E-state index is 14.5. The molecule has 0 aromatic heterocycles. The van der Waals surface area contributed by atoms with E-state index in [4.69, 9.17) is 9.47 Å². The van der Waals surface area contributed by atoms with Crippen molar-refractivity contribution in [2.24, 2.45) is 5.92 Å². The molecule has 43 heavy (non-hydrogen) atoms. The minimum atomic E-state index is -2.78. The smallest absolute Gasteiger partial charge is 0.248 e. The lowest BCUT2D eigenvalue weighted by Crippen LogP contribution is -2.66. The SMILES string of the molecule is CCO[C@@H]1C[C@@H]2CN(C(=O)[C@@H](NC(=O)[C@H](C)NC)C3CCC(F)(F)CC3)[C@H](C(=O)N[C@@H]3CCOc4ccccc43)CN2C1. The predicted octanol–water partition coefficient (Wildman–Crippen LogP) is 2.23. The highest BCUT2D eigenvalue weighted by atomic mass is 19.3. The Labute approximate surface area is 252 Å². The van der Waals surface area contributed by atoms with Crippen LogP contribution in [0.15, 0.2) is 24.3 Å². The molecule has 5 rings (SSSR count). The Balaban J connectivity index is 1.41. The number of alkyl halides is 2. The molecule has 1 aromatic rings. The highest BCUT2D eigenvalue weighted by molar-refractivity contribution is 5.93. The molecular weight excluding hydrogens is 560 g/mol. The third kappa shape index (κ3) is 7.12. The van der Waals surface area contributed by atoms with Gasteiger partial charge in [0.05, 0.1) is 24.8 Å². The molecule has 1 saturated carbocycles. The number of carbonyl (C=O) groups excluding carboxylic acids is 3. The summed E-state index contributed by atoms with van der Waals surface area (Å²) in [5.41, 5.74) is 0.889. The molecule has 1 aliphatic carbocycles. The van der Waals surface area contributed by atoms with Gasteiger partial charge in [-0.15, -0.1) is 0 Å². The number of halogens is 2. The Bertz CT molecular complexity index is 1160. The maximum Gasteiger partial charge on any atom is 0.248 e. The minimum absolute atomic E-state index is 0.00312. The first-order valence-corrected chi connectivity index (χ1v) is 15.6. The van der Waals surface area contributed by atoms with Gasteiger partial charge in [0.2, 0.25) is 23.6 Å². The number of carbonyl (C=O) groups is 3. The van der Waals surface area contributed by atoms with Crippen LogP contribution < -0.4 is 20.7 Å². The molecule has 238 valence electrons. The molecule has 2 saturated heterocycles. The Morgan fingerprint density at radius 3 is 2.58 bits per heavy atom. The average molecular weight is 606 g/mol. The van der Waals surface area contributed by atoms with Crippen molar-refractivity contribution < 1.29 is 32.6 Å². The summed E-state index contributed by atoms with van der Waals surface area (Å²) in [5.74, 6) is -3.56. The van der Waals surface area contributed by atoms with Crippen molar-refractivity contribution in [1.82, 2.24) is 25.8 Å². The van der Waals surface area contributed by atoms with Gasteiger partial charge in [-0.05, 0) is 52.1 Å². The molecule has 0 bridgehead atoms. The molecule has 3 aliphatic heterocycles. The Hall–Kier alpha value is -2.83. The highest BCUT2D eigenvalue weighted by Crippen LogP contribution is 2.39. The van der Waals surface area contributed by atoms with Crippen LogP contribution in [0.25, 0.3) is 0 Å². The number of fused-ring (bicyclic) bond motifs is 2. The second-order valence-electron chi connectivity index (χ2n) is 12.4. The van der Waals surface area contributed by atoms with Gasteiger partial charge in [-0.2, -0.15) is 0 Å². The first-order valence-electron chi connectivity index (χ1n) is 15.6. The van der Waals surface area contributed by atoms with Gasteiger partial charge in [-0.3, -0.25) is 19.3 Å². The number of nitrogens with one attached hydrogen (secondary N) is 3. The van der Waals surface area contributed by atoms with E-state index in [1.54, 1.807) is 18.9 Å². The quantitative estimate of drug-likeness (QED) is 0.396. The topological polar surface area (TPSA) is 112 Å². The van der Waals surface area contributed by atoms with Gasteiger partial charge >= 0.3 is 0 Å². The van der Waals surface area contributed by atoms with Crippen molar-refractivity contribution in [3.8, 4) is 5.75 Å². The fourth-order valence-corrected chi connectivity index (χ4v) is 6.98. The van der Waals surface area contributed by atoms with Gasteiger partial charge in [0.25, 0.3) is 0 Å². The van der Waals surface area contributed by atoms with E-state index < -0.39 is 30.0 Å². The largest absolute Gasteiger partial charge is 0.493 e. The van der Waals surface area contributed by atoms with Crippen molar-refractivity contribution in [1.29, 1.82) is 0 Å². The molecule has 4 aliphatic rings. The van der Waals surface area contributed by atoms with Crippen LogP contribution in [0.5, 0.6) is 5.75 Å². The molecule has 12 heteroatoms. The van der Waals surface area contributed by atoms with E-state index in [1.165, 1.54) is 0 Å². The molecule has 10 nitrogen and oxygen atoms in total. The maximum absolute atomic E-state index is 14.5. The van der Waals surface area contributed by atoms with E-state index in [-0.39, 0.29) is 61.6 Å². The Morgan fingerprint density at radius 1 is 1.12 bits per heavy atom. The monoisotopic (exact) mass is 605 g/mol. The molecule has 3 amide bonds. The van der Waals surface area contributed by atoms with Crippen LogP contribution in [0.2, 0.25) is 0 Å². The second kappa shape index (κ2) is 13.4. The first-order chi connectivity index (χ1) is 20.6. The number of ether oxygens (including phenoxy) is 2. The fraction of sp³-hybridized carbons (Fsp3) is 0.710. The van der Waals surface area contributed by atoms with Gasteiger partial charge in [-0.1, -0.05) is 18.2 Å². The summed E-state index contributed by atoms with van der Waals surface area (Å²) < 4.78 is 39.9. The number of amides is 3. The van der Waals surface area contributed by atoms with E-state index in [9.17, 15) is 23.2 Å². The van der Waals surface area contributed by atoms with Crippen LogP contribution in [0, 0.1) is 5.92 Å². The van der Waals surface area contributed by atoms with E-state index in [0.717, 1.165) is 17.7 Å². The van der Waals surface area contributed by atoms with Crippen molar-refractivity contribution in [3.05, 3.63) is 29.8 Å².